The average molecular weight is 362 g/mol. The summed E-state index contributed by atoms with van der Waals surface area (Å²) in [4.78, 5) is 31.3. The van der Waals surface area contributed by atoms with E-state index in [0.29, 0.717) is 0 Å². The average Bonchev–Trinajstić information content (AvgIpc) is 2.49. The van der Waals surface area contributed by atoms with Crippen LogP contribution in [-0.4, -0.2) is 91.5 Å². The van der Waals surface area contributed by atoms with Gasteiger partial charge >= 0.3 is 13.8 Å². The van der Waals surface area contributed by atoms with Crippen LogP contribution in [0.4, 0.5) is 0 Å². The highest BCUT2D eigenvalue weighted by Gasteiger charge is 2.37. The summed E-state index contributed by atoms with van der Waals surface area (Å²) in [5.41, 5.74) is 0. The van der Waals surface area contributed by atoms with Gasteiger partial charge in [0.2, 0.25) is 0 Å². The van der Waals surface area contributed by atoms with Gasteiger partial charge in [-0.25, -0.2) is 4.57 Å². The second kappa shape index (κ2) is 10.0. The van der Waals surface area contributed by atoms with Gasteiger partial charge in [0.25, 0.3) is 0 Å². The number of aliphatic hydroxyl groups is 6. The van der Waals surface area contributed by atoms with Gasteiger partial charge in [-0.15, -0.1) is 0 Å². The first-order chi connectivity index (χ1) is 10.6. The molecular weight excluding hydrogens is 343 g/mol. The molecule has 0 aromatic heterocycles. The molecule has 0 saturated heterocycles. The molecule has 0 aliphatic rings. The fraction of sp³-hybridized carbons (Fsp3) is 0.800. The number of aldehydes is 1. The molecule has 0 amide bonds. The zero-order chi connectivity index (χ0) is 18.2. The molecule has 23 heavy (non-hydrogen) atoms. The van der Waals surface area contributed by atoms with Crippen molar-refractivity contribution in [1.29, 1.82) is 0 Å². The molecule has 0 aliphatic heterocycles. The summed E-state index contributed by atoms with van der Waals surface area (Å²) in [6.07, 6.45) is -10.6. The molecule has 0 saturated carbocycles. The van der Waals surface area contributed by atoms with E-state index in [9.17, 15) is 29.3 Å². The van der Waals surface area contributed by atoms with E-state index in [-0.39, 0.29) is 6.29 Å². The Labute approximate surface area is 130 Å². The Balaban J connectivity index is 4.70. The highest BCUT2D eigenvalue weighted by Crippen LogP contribution is 2.45. The van der Waals surface area contributed by atoms with Crippen LogP contribution in [0.15, 0.2) is 0 Å². The Morgan fingerprint density at radius 1 is 1.04 bits per heavy atom. The van der Waals surface area contributed by atoms with Gasteiger partial charge in [0.05, 0.1) is 25.7 Å². The largest absolute Gasteiger partial charge is 0.530 e. The normalized spacial score (nSPS) is 20.7. The molecular formula is C10H19O12P. The number of aliphatic hydroxyl groups excluding tert-OH is 6. The van der Waals surface area contributed by atoms with Gasteiger partial charge in [0.1, 0.15) is 18.3 Å². The predicted molar refractivity (Wildman–Crippen MR) is 69.7 cm³/mol. The van der Waals surface area contributed by atoms with Crippen molar-refractivity contribution in [1.82, 2.24) is 0 Å². The van der Waals surface area contributed by atoms with Gasteiger partial charge < -0.3 is 40.0 Å². The third-order valence-corrected chi connectivity index (χ3v) is 3.48. The van der Waals surface area contributed by atoms with E-state index in [4.69, 9.17) is 20.4 Å². The lowest BCUT2D eigenvalue weighted by Gasteiger charge is -2.23. The van der Waals surface area contributed by atoms with Crippen LogP contribution in [0, 0.1) is 0 Å². The van der Waals surface area contributed by atoms with Crippen molar-refractivity contribution in [2.75, 3.05) is 13.2 Å². The highest BCUT2D eigenvalue weighted by molar-refractivity contribution is 7.48. The molecule has 13 heteroatoms. The minimum absolute atomic E-state index is 0.162. The van der Waals surface area contributed by atoms with E-state index in [1.54, 1.807) is 0 Å². The summed E-state index contributed by atoms with van der Waals surface area (Å²) in [6, 6.07) is 0. The maximum Gasteiger partial charge on any atom is 0.530 e. The molecule has 12 nitrogen and oxygen atoms in total. The zero-order valence-electron chi connectivity index (χ0n) is 11.7. The Morgan fingerprint density at radius 2 is 1.57 bits per heavy atom. The summed E-state index contributed by atoms with van der Waals surface area (Å²) < 4.78 is 19.7. The number of hydrogen-bond acceptors (Lipinski definition) is 11. The van der Waals surface area contributed by atoms with Crippen LogP contribution in [0.5, 0.6) is 0 Å². The molecule has 0 aromatic rings. The Hall–Kier alpha value is -0.950. The topological polar surface area (TPSA) is 211 Å². The molecule has 0 aromatic carbocycles. The Kier molecular flexibility index (Phi) is 9.61. The number of rotatable bonds is 11. The first-order valence-electron chi connectivity index (χ1n) is 6.20. The summed E-state index contributed by atoms with van der Waals surface area (Å²) in [7, 11) is -5.21. The van der Waals surface area contributed by atoms with Crippen LogP contribution < -0.4 is 0 Å². The lowest BCUT2D eigenvalue weighted by atomic mass is 10.1. The van der Waals surface area contributed by atoms with E-state index >= 15 is 0 Å². The number of carbonyl (C=O) groups excluding carboxylic acids is 2. The van der Waals surface area contributed by atoms with Gasteiger partial charge in [0.15, 0.2) is 12.4 Å². The Morgan fingerprint density at radius 3 is 2.00 bits per heavy atom. The van der Waals surface area contributed by atoms with E-state index in [1.165, 1.54) is 0 Å². The number of phosphoric ester groups is 1. The van der Waals surface area contributed by atoms with Crippen LogP contribution in [-0.2, 0) is 23.2 Å². The van der Waals surface area contributed by atoms with Crippen LogP contribution in [0.2, 0.25) is 0 Å². The zero-order valence-corrected chi connectivity index (χ0v) is 12.6. The van der Waals surface area contributed by atoms with Gasteiger partial charge in [-0.1, -0.05) is 0 Å². The maximum atomic E-state index is 11.5. The summed E-state index contributed by atoms with van der Waals surface area (Å²) >= 11 is 0. The van der Waals surface area contributed by atoms with Crippen molar-refractivity contribution < 1.29 is 58.7 Å². The standard InChI is InChI=1S/C10H19O12P/c11-2-6(15)5(14)1-9(17)22-23(19,20)21-8(4-13)10(18)7(16)3-12/h4-8,10-12,14-16,18H,1-3H2,(H,19,20)/t5-,6+,7+,8-,10+/m0/s1. The monoisotopic (exact) mass is 362 g/mol. The number of phosphoric acid groups is 1. The summed E-state index contributed by atoms with van der Waals surface area (Å²) in [5, 5.41) is 53.9. The van der Waals surface area contributed by atoms with Crippen LogP contribution >= 0.6 is 7.82 Å². The van der Waals surface area contributed by atoms with E-state index in [2.05, 4.69) is 9.05 Å². The van der Waals surface area contributed by atoms with Gasteiger partial charge in [-0.2, -0.15) is 0 Å². The lowest BCUT2D eigenvalue weighted by Crippen LogP contribution is -2.41. The van der Waals surface area contributed by atoms with Gasteiger partial charge in [-0.05, 0) is 0 Å². The minimum atomic E-state index is -5.21. The second-order valence-electron chi connectivity index (χ2n) is 4.40. The van der Waals surface area contributed by atoms with Crippen LogP contribution in [0.25, 0.3) is 0 Å². The number of carbonyl (C=O) groups is 2. The van der Waals surface area contributed by atoms with E-state index in [0.717, 1.165) is 0 Å². The molecule has 0 bridgehead atoms. The molecule has 0 fully saturated rings. The minimum Gasteiger partial charge on any atom is -0.394 e. The van der Waals surface area contributed by atoms with Crippen molar-refractivity contribution in [3.8, 4) is 0 Å². The Bertz CT molecular complexity index is 428. The molecule has 7 N–H and O–H groups in total. The summed E-state index contributed by atoms with van der Waals surface area (Å²) in [6.45, 7) is -1.85. The smallest absolute Gasteiger partial charge is 0.394 e. The predicted octanol–water partition coefficient (Wildman–Crippen LogP) is -3.97. The highest BCUT2D eigenvalue weighted by atomic mass is 31.2. The molecule has 6 atom stereocenters. The molecule has 0 rings (SSSR count). The van der Waals surface area contributed by atoms with Gasteiger partial charge in [0, 0.05) is 0 Å². The van der Waals surface area contributed by atoms with E-state index < -0.39 is 63.9 Å². The number of hydrogen-bond donors (Lipinski definition) is 7. The molecule has 0 spiro atoms. The van der Waals surface area contributed by atoms with Crippen molar-refractivity contribution in [2.24, 2.45) is 0 Å². The molecule has 0 heterocycles. The van der Waals surface area contributed by atoms with Crippen molar-refractivity contribution in [3.63, 3.8) is 0 Å². The third kappa shape index (κ3) is 7.92. The molecule has 1 unspecified atom stereocenters. The van der Waals surface area contributed by atoms with Crippen LogP contribution in [0.1, 0.15) is 6.42 Å². The first kappa shape index (κ1) is 22.1. The lowest BCUT2D eigenvalue weighted by molar-refractivity contribution is -0.143. The van der Waals surface area contributed by atoms with Crippen molar-refractivity contribution in [2.45, 2.75) is 36.9 Å². The fourth-order valence-corrected chi connectivity index (χ4v) is 2.12. The molecule has 136 valence electrons. The second-order valence-corrected chi connectivity index (χ2v) is 5.73. The van der Waals surface area contributed by atoms with Crippen molar-refractivity contribution in [3.05, 3.63) is 0 Å². The quantitative estimate of drug-likeness (QED) is 0.138. The summed E-state index contributed by atoms with van der Waals surface area (Å²) in [5.74, 6) is -1.50. The molecule has 0 aliphatic carbocycles. The maximum absolute atomic E-state index is 11.5. The SMILES string of the molecule is O=C[C@H](OP(=O)(O)OC(=O)C[C@H](O)[C@H](O)CO)[C@H](O)[C@H](O)CO. The third-order valence-electron chi connectivity index (χ3n) is 2.53. The van der Waals surface area contributed by atoms with Crippen molar-refractivity contribution >= 4 is 20.1 Å². The van der Waals surface area contributed by atoms with Crippen LogP contribution in [0.3, 0.4) is 0 Å². The molecule has 0 radical (unpaired) electrons. The first-order valence-corrected chi connectivity index (χ1v) is 7.70. The van der Waals surface area contributed by atoms with E-state index in [1.807, 2.05) is 0 Å². The fourth-order valence-electron chi connectivity index (χ4n) is 1.26. The van der Waals surface area contributed by atoms with Gasteiger partial charge in [-0.3, -0.25) is 14.2 Å².